The van der Waals surface area contributed by atoms with Crippen molar-refractivity contribution in [2.24, 2.45) is 29.4 Å². The van der Waals surface area contributed by atoms with E-state index in [1.807, 2.05) is 0 Å². The van der Waals surface area contributed by atoms with Crippen LogP contribution in [0.5, 0.6) is 0 Å². The van der Waals surface area contributed by atoms with E-state index in [-0.39, 0.29) is 5.56 Å². The topological polar surface area (TPSA) is 71.8 Å². The Labute approximate surface area is 112 Å². The third-order valence-corrected chi connectivity index (χ3v) is 5.57. The molecule has 1 aromatic heterocycles. The molecule has 4 aliphatic rings. The maximum Gasteiger partial charge on any atom is 0.251 e. The minimum atomic E-state index is -0.0424. The molecule has 0 unspecified atom stereocenters. The summed E-state index contributed by atoms with van der Waals surface area (Å²) in [7, 11) is 0. The summed E-state index contributed by atoms with van der Waals surface area (Å²) in [5.74, 6) is 4.58. The molecular formula is C15H21N3O. The number of hydrogen-bond donors (Lipinski definition) is 2. The zero-order chi connectivity index (χ0) is 13.0. The van der Waals surface area contributed by atoms with Crippen LogP contribution in [0.25, 0.3) is 0 Å². The molecule has 0 amide bonds. The fraction of sp³-hybridized carbons (Fsp3) is 0.733. The van der Waals surface area contributed by atoms with Crippen molar-refractivity contribution in [3.05, 3.63) is 27.9 Å². The SMILES string of the molecule is NCc1nc(C2C3CC4CC(C3)CC2C4)cc(=O)[nH]1. The number of nitrogens with zero attached hydrogens (tertiary/aromatic N) is 1. The number of aromatic amines is 1. The molecule has 0 saturated heterocycles. The third-order valence-electron chi connectivity index (χ3n) is 5.57. The smallest absolute Gasteiger partial charge is 0.251 e. The van der Waals surface area contributed by atoms with Crippen LogP contribution in [-0.4, -0.2) is 9.97 Å². The van der Waals surface area contributed by atoms with Crippen LogP contribution < -0.4 is 11.3 Å². The van der Waals surface area contributed by atoms with Crippen LogP contribution in [0.15, 0.2) is 10.9 Å². The summed E-state index contributed by atoms with van der Waals surface area (Å²) in [6, 6.07) is 1.71. The molecule has 0 atom stereocenters. The van der Waals surface area contributed by atoms with Gasteiger partial charge >= 0.3 is 0 Å². The van der Waals surface area contributed by atoms with Crippen LogP contribution in [0.2, 0.25) is 0 Å². The van der Waals surface area contributed by atoms with Gasteiger partial charge in [-0.05, 0) is 55.8 Å². The molecule has 4 heteroatoms. The molecule has 4 bridgehead atoms. The number of nitrogens with two attached hydrogens (primary N) is 1. The summed E-state index contributed by atoms with van der Waals surface area (Å²) in [4.78, 5) is 19.1. The zero-order valence-corrected chi connectivity index (χ0v) is 11.1. The molecule has 5 rings (SSSR count). The van der Waals surface area contributed by atoms with Gasteiger partial charge in [0, 0.05) is 12.0 Å². The van der Waals surface area contributed by atoms with Gasteiger partial charge in [-0.25, -0.2) is 4.98 Å². The Morgan fingerprint density at radius 3 is 2.37 bits per heavy atom. The van der Waals surface area contributed by atoms with Crippen molar-refractivity contribution in [2.45, 2.75) is 44.6 Å². The van der Waals surface area contributed by atoms with E-state index in [4.69, 9.17) is 5.73 Å². The number of hydrogen-bond acceptors (Lipinski definition) is 3. The molecule has 1 aromatic rings. The second kappa shape index (κ2) is 4.17. The average molecular weight is 259 g/mol. The van der Waals surface area contributed by atoms with Gasteiger partial charge in [-0.1, -0.05) is 0 Å². The third kappa shape index (κ3) is 1.84. The van der Waals surface area contributed by atoms with E-state index in [9.17, 15) is 4.79 Å². The Bertz CT molecular complexity index is 523. The van der Waals surface area contributed by atoms with Gasteiger partial charge in [0.05, 0.1) is 12.2 Å². The first-order valence-corrected chi connectivity index (χ1v) is 7.53. The lowest BCUT2D eigenvalue weighted by atomic mass is 9.51. The van der Waals surface area contributed by atoms with E-state index in [1.54, 1.807) is 6.07 Å². The molecule has 0 radical (unpaired) electrons. The summed E-state index contributed by atoms with van der Waals surface area (Å²) >= 11 is 0. The molecule has 102 valence electrons. The van der Waals surface area contributed by atoms with E-state index in [0.717, 1.165) is 29.4 Å². The summed E-state index contributed by atoms with van der Waals surface area (Å²) in [6.45, 7) is 0.316. The monoisotopic (exact) mass is 259 g/mol. The summed E-state index contributed by atoms with van der Waals surface area (Å²) < 4.78 is 0. The predicted molar refractivity (Wildman–Crippen MR) is 72.5 cm³/mol. The lowest BCUT2D eigenvalue weighted by Gasteiger charge is -2.54. The lowest BCUT2D eigenvalue weighted by Crippen LogP contribution is -2.44. The highest BCUT2D eigenvalue weighted by Gasteiger charge is 2.49. The lowest BCUT2D eigenvalue weighted by molar-refractivity contribution is -0.00428. The fourth-order valence-electron chi connectivity index (χ4n) is 5.20. The Balaban J connectivity index is 1.72. The Hall–Kier alpha value is -1.16. The van der Waals surface area contributed by atoms with E-state index in [1.165, 1.54) is 32.1 Å². The van der Waals surface area contributed by atoms with Crippen LogP contribution >= 0.6 is 0 Å². The maximum absolute atomic E-state index is 11.8. The van der Waals surface area contributed by atoms with E-state index >= 15 is 0 Å². The first kappa shape index (κ1) is 11.6. The average Bonchev–Trinajstić information content (AvgIpc) is 2.36. The molecule has 4 aliphatic carbocycles. The Kier molecular flexibility index (Phi) is 2.56. The highest BCUT2D eigenvalue weighted by atomic mass is 16.1. The van der Waals surface area contributed by atoms with Crippen molar-refractivity contribution in [1.29, 1.82) is 0 Å². The summed E-state index contributed by atoms with van der Waals surface area (Å²) in [5, 5.41) is 0. The summed E-state index contributed by atoms with van der Waals surface area (Å²) in [5.41, 5.74) is 6.60. The molecular weight excluding hydrogens is 238 g/mol. The van der Waals surface area contributed by atoms with Crippen LogP contribution in [0, 0.1) is 23.7 Å². The Morgan fingerprint density at radius 2 is 1.79 bits per heavy atom. The van der Waals surface area contributed by atoms with Crippen molar-refractivity contribution in [3.8, 4) is 0 Å². The molecule has 19 heavy (non-hydrogen) atoms. The second-order valence-corrected chi connectivity index (χ2v) is 6.78. The van der Waals surface area contributed by atoms with Gasteiger partial charge < -0.3 is 10.7 Å². The van der Waals surface area contributed by atoms with Crippen molar-refractivity contribution in [3.63, 3.8) is 0 Å². The maximum atomic E-state index is 11.8. The van der Waals surface area contributed by atoms with Crippen molar-refractivity contribution < 1.29 is 0 Å². The zero-order valence-electron chi connectivity index (χ0n) is 11.1. The quantitative estimate of drug-likeness (QED) is 0.850. The molecule has 4 nitrogen and oxygen atoms in total. The molecule has 1 heterocycles. The molecule has 3 N–H and O–H groups in total. The number of rotatable bonds is 2. The van der Waals surface area contributed by atoms with Crippen molar-refractivity contribution in [1.82, 2.24) is 9.97 Å². The predicted octanol–water partition coefficient (Wildman–Crippen LogP) is 1.77. The largest absolute Gasteiger partial charge is 0.324 e. The van der Waals surface area contributed by atoms with E-state index in [0.29, 0.717) is 18.3 Å². The van der Waals surface area contributed by atoms with Gasteiger partial charge in [-0.2, -0.15) is 0 Å². The normalized spacial score (nSPS) is 39.7. The van der Waals surface area contributed by atoms with Gasteiger partial charge in [0.25, 0.3) is 5.56 Å². The van der Waals surface area contributed by atoms with Crippen LogP contribution in [0.4, 0.5) is 0 Å². The van der Waals surface area contributed by atoms with E-state index in [2.05, 4.69) is 9.97 Å². The molecule has 0 aromatic carbocycles. The molecule has 0 aliphatic heterocycles. The van der Waals surface area contributed by atoms with Gasteiger partial charge in [0.2, 0.25) is 0 Å². The Morgan fingerprint density at radius 1 is 1.16 bits per heavy atom. The minimum absolute atomic E-state index is 0.0424. The molecule has 4 saturated carbocycles. The number of nitrogens with one attached hydrogen (secondary N) is 1. The van der Waals surface area contributed by atoms with Crippen LogP contribution in [0.1, 0.15) is 49.5 Å². The second-order valence-electron chi connectivity index (χ2n) is 6.78. The van der Waals surface area contributed by atoms with E-state index < -0.39 is 0 Å². The van der Waals surface area contributed by atoms with Crippen molar-refractivity contribution >= 4 is 0 Å². The van der Waals surface area contributed by atoms with Gasteiger partial charge in [0.1, 0.15) is 5.82 Å². The van der Waals surface area contributed by atoms with Crippen molar-refractivity contribution in [2.75, 3.05) is 0 Å². The first-order chi connectivity index (χ1) is 9.22. The summed E-state index contributed by atoms with van der Waals surface area (Å²) in [6.07, 6.45) is 6.86. The van der Waals surface area contributed by atoms with Crippen LogP contribution in [0.3, 0.4) is 0 Å². The van der Waals surface area contributed by atoms with Crippen LogP contribution in [-0.2, 0) is 6.54 Å². The highest BCUT2D eigenvalue weighted by Crippen LogP contribution is 2.59. The minimum Gasteiger partial charge on any atom is -0.324 e. The standard InChI is InChI=1S/C15H21N3O/c16-7-13-17-12(6-14(19)18-13)15-10-2-8-1-9(4-10)5-11(15)3-8/h6,8-11,15H,1-5,7,16H2,(H,17,18,19). The van der Waals surface area contributed by atoms with Gasteiger partial charge in [0.15, 0.2) is 0 Å². The number of H-pyrrole nitrogens is 1. The van der Waals surface area contributed by atoms with Gasteiger partial charge in [-0.3, -0.25) is 4.79 Å². The van der Waals surface area contributed by atoms with Gasteiger partial charge in [-0.15, -0.1) is 0 Å². The highest BCUT2D eigenvalue weighted by molar-refractivity contribution is 5.16. The molecule has 4 fully saturated rings. The number of aromatic nitrogens is 2. The molecule has 0 spiro atoms. The first-order valence-electron chi connectivity index (χ1n) is 7.53. The fourth-order valence-corrected chi connectivity index (χ4v) is 5.20.